The van der Waals surface area contributed by atoms with Crippen LogP contribution in [0.4, 0.5) is 0 Å². The summed E-state index contributed by atoms with van der Waals surface area (Å²) in [6.07, 6.45) is 1.40. The Morgan fingerprint density at radius 2 is 2.23 bits per heavy atom. The number of pyridine rings is 1. The van der Waals surface area contributed by atoms with Gasteiger partial charge in [0.05, 0.1) is 5.52 Å². The fourth-order valence-electron chi connectivity index (χ4n) is 2.56. The lowest BCUT2D eigenvalue weighted by Gasteiger charge is -2.18. The summed E-state index contributed by atoms with van der Waals surface area (Å²) in [4.78, 5) is 34.0. The topological polar surface area (TPSA) is 101 Å². The summed E-state index contributed by atoms with van der Waals surface area (Å²) < 4.78 is 10.0. The number of nitrogens with zero attached hydrogens (tertiary/aromatic N) is 3. The Bertz CT molecular complexity index is 998. The highest BCUT2D eigenvalue weighted by molar-refractivity contribution is 6.31. The van der Waals surface area contributed by atoms with Crippen LogP contribution < -0.4 is 5.43 Å². The zero-order valence-electron chi connectivity index (χ0n) is 14.3. The first-order valence-corrected chi connectivity index (χ1v) is 8.32. The molecule has 3 aromatic rings. The third-order valence-electron chi connectivity index (χ3n) is 3.85. The molecule has 8 nitrogen and oxygen atoms in total. The summed E-state index contributed by atoms with van der Waals surface area (Å²) in [5.74, 6) is 0.250. The van der Waals surface area contributed by atoms with Crippen molar-refractivity contribution < 1.29 is 14.1 Å². The van der Waals surface area contributed by atoms with Crippen LogP contribution in [0, 0.1) is 0 Å². The van der Waals surface area contributed by atoms with Gasteiger partial charge in [0.25, 0.3) is 5.91 Å². The Labute approximate surface area is 153 Å². The van der Waals surface area contributed by atoms with Gasteiger partial charge in [-0.15, -0.1) is 0 Å². The monoisotopic (exact) mass is 376 g/mol. The lowest BCUT2D eigenvalue weighted by atomic mass is 10.1. The molecular formula is C17H17ClN4O4. The second-order valence-electron chi connectivity index (χ2n) is 5.58. The Morgan fingerprint density at radius 1 is 1.42 bits per heavy atom. The molecule has 0 radical (unpaired) electrons. The van der Waals surface area contributed by atoms with Gasteiger partial charge in [0.2, 0.25) is 11.3 Å². The maximum atomic E-state index is 12.8. The SMILES string of the molecule is CCN(Cc1nc(COC)no1)C(=O)c1c[nH]c2cc(Cl)ccc2c1=O. The zero-order valence-corrected chi connectivity index (χ0v) is 15.0. The van der Waals surface area contributed by atoms with Gasteiger partial charge >= 0.3 is 0 Å². The van der Waals surface area contributed by atoms with Crippen LogP contribution in [0.25, 0.3) is 10.9 Å². The summed E-state index contributed by atoms with van der Waals surface area (Å²) in [5.41, 5.74) is 0.256. The van der Waals surface area contributed by atoms with E-state index in [0.29, 0.717) is 28.3 Å². The number of H-pyrrole nitrogens is 1. The minimum absolute atomic E-state index is 0.0401. The average Bonchev–Trinajstić information content (AvgIpc) is 3.07. The summed E-state index contributed by atoms with van der Waals surface area (Å²) in [5, 5.41) is 4.67. The maximum Gasteiger partial charge on any atom is 0.259 e. The number of hydrogen-bond donors (Lipinski definition) is 1. The third-order valence-corrected chi connectivity index (χ3v) is 4.09. The number of benzene rings is 1. The van der Waals surface area contributed by atoms with E-state index >= 15 is 0 Å². The van der Waals surface area contributed by atoms with E-state index in [0.717, 1.165) is 0 Å². The van der Waals surface area contributed by atoms with Gasteiger partial charge in [0.15, 0.2) is 5.82 Å². The summed E-state index contributed by atoms with van der Waals surface area (Å²) in [6.45, 7) is 2.50. The molecule has 0 bridgehead atoms. The zero-order chi connectivity index (χ0) is 18.7. The van der Waals surface area contributed by atoms with Crippen molar-refractivity contribution in [3.8, 4) is 0 Å². The molecule has 2 aromatic heterocycles. The highest BCUT2D eigenvalue weighted by Crippen LogP contribution is 2.16. The van der Waals surface area contributed by atoms with Crippen LogP contribution in [0.5, 0.6) is 0 Å². The quantitative estimate of drug-likeness (QED) is 0.708. The van der Waals surface area contributed by atoms with Crippen LogP contribution in [0.2, 0.25) is 5.02 Å². The predicted molar refractivity (Wildman–Crippen MR) is 95.0 cm³/mol. The molecule has 1 amide bonds. The first-order valence-electron chi connectivity index (χ1n) is 7.94. The number of nitrogens with one attached hydrogen (secondary N) is 1. The number of halogens is 1. The Morgan fingerprint density at radius 3 is 2.96 bits per heavy atom. The highest BCUT2D eigenvalue weighted by atomic mass is 35.5. The number of methoxy groups -OCH3 is 1. The highest BCUT2D eigenvalue weighted by Gasteiger charge is 2.21. The van der Waals surface area contributed by atoms with E-state index in [-0.39, 0.29) is 30.0 Å². The van der Waals surface area contributed by atoms with Crippen molar-refractivity contribution in [1.82, 2.24) is 20.0 Å². The normalized spacial score (nSPS) is 11.0. The van der Waals surface area contributed by atoms with E-state index < -0.39 is 5.91 Å². The fourth-order valence-corrected chi connectivity index (χ4v) is 2.73. The molecule has 0 aliphatic rings. The van der Waals surface area contributed by atoms with Gasteiger partial charge < -0.3 is 19.1 Å². The first-order chi connectivity index (χ1) is 12.5. The Kier molecular flexibility index (Phi) is 5.34. The summed E-state index contributed by atoms with van der Waals surface area (Å²) in [6, 6.07) is 4.85. The molecule has 26 heavy (non-hydrogen) atoms. The van der Waals surface area contributed by atoms with E-state index in [1.165, 1.54) is 18.2 Å². The fraction of sp³-hybridized carbons (Fsp3) is 0.294. The molecule has 136 valence electrons. The molecule has 0 saturated heterocycles. The number of hydrogen-bond acceptors (Lipinski definition) is 6. The van der Waals surface area contributed by atoms with E-state index in [2.05, 4.69) is 15.1 Å². The molecule has 3 rings (SSSR count). The maximum absolute atomic E-state index is 12.8. The molecule has 1 aromatic carbocycles. The Balaban J connectivity index is 1.88. The van der Waals surface area contributed by atoms with Crippen molar-refractivity contribution >= 4 is 28.4 Å². The van der Waals surface area contributed by atoms with Crippen molar-refractivity contribution in [1.29, 1.82) is 0 Å². The van der Waals surface area contributed by atoms with Crippen molar-refractivity contribution in [3.05, 3.63) is 56.9 Å². The molecule has 2 heterocycles. The van der Waals surface area contributed by atoms with Gasteiger partial charge in [-0.05, 0) is 25.1 Å². The molecule has 0 aliphatic heterocycles. The smallest absolute Gasteiger partial charge is 0.259 e. The number of carbonyl (C=O) groups is 1. The molecule has 0 fully saturated rings. The number of rotatable bonds is 6. The lowest BCUT2D eigenvalue weighted by Crippen LogP contribution is -2.34. The van der Waals surface area contributed by atoms with Crippen LogP contribution >= 0.6 is 11.6 Å². The molecule has 0 atom stereocenters. The van der Waals surface area contributed by atoms with Gasteiger partial charge in [0, 0.05) is 30.3 Å². The number of aromatic amines is 1. The van der Waals surface area contributed by atoms with E-state index in [9.17, 15) is 9.59 Å². The molecule has 9 heteroatoms. The summed E-state index contributed by atoms with van der Waals surface area (Å²) >= 11 is 5.93. The standard InChI is InChI=1S/C17H17ClN4O4/c1-3-22(8-15-20-14(9-25-2)21-26-15)17(24)12-7-19-13-6-10(18)4-5-11(13)16(12)23/h4-7H,3,8-9H2,1-2H3,(H,19,23). The minimum atomic E-state index is -0.419. The minimum Gasteiger partial charge on any atom is -0.377 e. The van der Waals surface area contributed by atoms with Gasteiger partial charge in [-0.3, -0.25) is 9.59 Å². The van der Waals surface area contributed by atoms with Crippen LogP contribution in [-0.2, 0) is 17.9 Å². The van der Waals surface area contributed by atoms with Gasteiger partial charge in [0.1, 0.15) is 18.7 Å². The molecule has 0 saturated carbocycles. The number of fused-ring (bicyclic) bond motifs is 1. The number of aromatic nitrogens is 3. The summed E-state index contributed by atoms with van der Waals surface area (Å²) in [7, 11) is 1.52. The second-order valence-corrected chi connectivity index (χ2v) is 6.01. The van der Waals surface area contributed by atoms with Gasteiger partial charge in [-0.2, -0.15) is 4.98 Å². The van der Waals surface area contributed by atoms with Crippen molar-refractivity contribution in [2.75, 3.05) is 13.7 Å². The van der Waals surface area contributed by atoms with E-state index in [1.54, 1.807) is 25.1 Å². The number of amides is 1. The Hall–Kier alpha value is -2.71. The van der Waals surface area contributed by atoms with E-state index in [4.69, 9.17) is 20.9 Å². The largest absolute Gasteiger partial charge is 0.377 e. The van der Waals surface area contributed by atoms with Crippen LogP contribution in [-0.4, -0.2) is 39.6 Å². The van der Waals surface area contributed by atoms with Crippen LogP contribution in [0.1, 0.15) is 29.0 Å². The third kappa shape index (κ3) is 3.61. The molecule has 0 unspecified atom stereocenters. The molecular weight excluding hydrogens is 360 g/mol. The van der Waals surface area contributed by atoms with Gasteiger partial charge in [-0.1, -0.05) is 16.8 Å². The van der Waals surface area contributed by atoms with Crippen molar-refractivity contribution in [3.63, 3.8) is 0 Å². The average molecular weight is 377 g/mol. The first kappa shape index (κ1) is 18.1. The molecule has 1 N–H and O–H groups in total. The molecule has 0 aliphatic carbocycles. The van der Waals surface area contributed by atoms with Crippen molar-refractivity contribution in [2.45, 2.75) is 20.1 Å². The number of carbonyl (C=O) groups excluding carboxylic acids is 1. The van der Waals surface area contributed by atoms with Gasteiger partial charge in [-0.25, -0.2) is 0 Å². The lowest BCUT2D eigenvalue weighted by molar-refractivity contribution is 0.0733. The molecule has 0 spiro atoms. The number of ether oxygens (including phenoxy) is 1. The second kappa shape index (κ2) is 7.67. The van der Waals surface area contributed by atoms with Crippen LogP contribution in [0.15, 0.2) is 33.7 Å². The predicted octanol–water partition coefficient (Wildman–Crippen LogP) is 2.37. The van der Waals surface area contributed by atoms with Crippen LogP contribution in [0.3, 0.4) is 0 Å². The van der Waals surface area contributed by atoms with Crippen molar-refractivity contribution in [2.24, 2.45) is 0 Å². The van der Waals surface area contributed by atoms with E-state index in [1.807, 2.05) is 0 Å².